The van der Waals surface area contributed by atoms with Crippen LogP contribution < -0.4 is 0 Å². The third kappa shape index (κ3) is 1.69. The molecule has 1 N–H and O–H groups in total. The van der Waals surface area contributed by atoms with Gasteiger partial charge >= 0.3 is 12.5 Å². The molecule has 1 radical (unpaired) electrons. The van der Waals surface area contributed by atoms with Gasteiger partial charge in [-0.1, -0.05) is 12.8 Å². The van der Waals surface area contributed by atoms with Gasteiger partial charge in [0.2, 0.25) is 0 Å². The van der Waals surface area contributed by atoms with Crippen molar-refractivity contribution >= 4 is 12.5 Å². The third-order valence-electron chi connectivity index (χ3n) is 1.99. The molecule has 0 heterocycles. The van der Waals surface area contributed by atoms with E-state index in [2.05, 4.69) is 0 Å². The summed E-state index contributed by atoms with van der Waals surface area (Å²) < 4.78 is 0. The number of nitrogens with zero attached hydrogens (tertiary/aromatic N) is 1. The number of imide groups is 1. The zero-order chi connectivity index (χ0) is 8.27. The number of carbonyl (C=O) groups excluding carboxylic acids is 1. The normalized spacial score (nSPS) is 18.2. The van der Waals surface area contributed by atoms with E-state index in [1.54, 1.807) is 0 Å². The number of hydrogen-bond donors (Lipinski definition) is 1. The number of carbonyl (C=O) groups is 1. The minimum Gasteiger partial charge on any atom is -0.465 e. The summed E-state index contributed by atoms with van der Waals surface area (Å²) in [5.74, 6) is 0. The van der Waals surface area contributed by atoms with Gasteiger partial charge in [0.05, 0.1) is 0 Å². The molecule has 0 aliphatic heterocycles. The van der Waals surface area contributed by atoms with Crippen molar-refractivity contribution in [2.24, 2.45) is 0 Å². The van der Waals surface area contributed by atoms with E-state index in [4.69, 9.17) is 5.11 Å². The van der Waals surface area contributed by atoms with E-state index >= 15 is 0 Å². The van der Waals surface area contributed by atoms with Crippen LogP contribution >= 0.6 is 0 Å². The highest BCUT2D eigenvalue weighted by Gasteiger charge is 2.26. The molecule has 0 atom stereocenters. The van der Waals surface area contributed by atoms with Crippen molar-refractivity contribution in [3.05, 3.63) is 0 Å². The highest BCUT2D eigenvalue weighted by Crippen LogP contribution is 2.22. The SMILES string of the molecule is O=[C]N(C(=O)O)C1CCCC1. The van der Waals surface area contributed by atoms with Crippen LogP contribution in [-0.2, 0) is 4.79 Å². The Labute approximate surface area is 64.8 Å². The molecule has 1 aliphatic rings. The third-order valence-corrected chi connectivity index (χ3v) is 1.99. The maximum Gasteiger partial charge on any atom is 0.414 e. The summed E-state index contributed by atoms with van der Waals surface area (Å²) in [6, 6.07) is -0.120. The Kier molecular flexibility index (Phi) is 2.46. The Balaban J connectivity index is 2.53. The van der Waals surface area contributed by atoms with Gasteiger partial charge in [0, 0.05) is 6.04 Å². The van der Waals surface area contributed by atoms with E-state index in [1.807, 2.05) is 0 Å². The van der Waals surface area contributed by atoms with Gasteiger partial charge in [0.25, 0.3) is 0 Å². The van der Waals surface area contributed by atoms with Crippen molar-refractivity contribution in [2.45, 2.75) is 31.7 Å². The fraction of sp³-hybridized carbons (Fsp3) is 0.714. The molecule has 2 amide bonds. The highest BCUT2D eigenvalue weighted by atomic mass is 16.4. The second-order valence-corrected chi connectivity index (χ2v) is 2.68. The molecule has 0 saturated heterocycles. The van der Waals surface area contributed by atoms with Crippen LogP contribution in [0.5, 0.6) is 0 Å². The predicted molar refractivity (Wildman–Crippen MR) is 37.8 cm³/mol. The van der Waals surface area contributed by atoms with Crippen LogP contribution in [0.25, 0.3) is 0 Å². The molecule has 61 valence electrons. The summed E-state index contributed by atoms with van der Waals surface area (Å²) in [6.07, 6.45) is 3.85. The second-order valence-electron chi connectivity index (χ2n) is 2.68. The van der Waals surface area contributed by atoms with E-state index in [9.17, 15) is 9.59 Å². The molecule has 0 aromatic carbocycles. The van der Waals surface area contributed by atoms with Crippen LogP contribution in [0.3, 0.4) is 0 Å². The molecular weight excluding hydrogens is 146 g/mol. The molecule has 1 aliphatic carbocycles. The van der Waals surface area contributed by atoms with Gasteiger partial charge in [0.15, 0.2) is 0 Å². The largest absolute Gasteiger partial charge is 0.465 e. The summed E-state index contributed by atoms with van der Waals surface area (Å²) >= 11 is 0. The van der Waals surface area contributed by atoms with Crippen LogP contribution in [-0.4, -0.2) is 28.6 Å². The van der Waals surface area contributed by atoms with Gasteiger partial charge in [-0.05, 0) is 12.8 Å². The van der Waals surface area contributed by atoms with E-state index in [0.29, 0.717) is 0 Å². The maximum absolute atomic E-state index is 10.4. The first-order valence-electron chi connectivity index (χ1n) is 3.65. The van der Waals surface area contributed by atoms with Gasteiger partial charge in [0.1, 0.15) is 0 Å². The number of hydrogen-bond acceptors (Lipinski definition) is 2. The van der Waals surface area contributed by atoms with E-state index in [0.717, 1.165) is 30.6 Å². The first-order valence-corrected chi connectivity index (χ1v) is 3.65. The Morgan fingerprint density at radius 2 is 2.00 bits per heavy atom. The van der Waals surface area contributed by atoms with Gasteiger partial charge < -0.3 is 5.11 Å². The average Bonchev–Trinajstić information content (AvgIpc) is 2.40. The average molecular weight is 156 g/mol. The Morgan fingerprint density at radius 3 is 2.36 bits per heavy atom. The molecule has 0 spiro atoms. The molecule has 4 heteroatoms. The lowest BCUT2D eigenvalue weighted by atomic mass is 10.2. The topological polar surface area (TPSA) is 57.6 Å². The number of amides is 2. The van der Waals surface area contributed by atoms with Crippen molar-refractivity contribution in [3.8, 4) is 0 Å². The van der Waals surface area contributed by atoms with Crippen molar-refractivity contribution in [1.29, 1.82) is 0 Å². The lowest BCUT2D eigenvalue weighted by Crippen LogP contribution is -2.36. The lowest BCUT2D eigenvalue weighted by Gasteiger charge is -2.16. The van der Waals surface area contributed by atoms with Crippen LogP contribution in [0.2, 0.25) is 0 Å². The lowest BCUT2D eigenvalue weighted by molar-refractivity contribution is 0.155. The van der Waals surface area contributed by atoms with Crippen molar-refractivity contribution in [2.75, 3.05) is 0 Å². The molecule has 0 aromatic heterocycles. The minimum absolute atomic E-state index is 0.120. The summed E-state index contributed by atoms with van der Waals surface area (Å²) in [5.41, 5.74) is 0. The molecule has 1 saturated carbocycles. The first kappa shape index (κ1) is 8.04. The zero-order valence-electron chi connectivity index (χ0n) is 6.12. The molecule has 0 bridgehead atoms. The van der Waals surface area contributed by atoms with Crippen molar-refractivity contribution < 1.29 is 14.7 Å². The predicted octanol–water partition coefficient (Wildman–Crippen LogP) is 0.976. The van der Waals surface area contributed by atoms with Crippen LogP contribution in [0.1, 0.15) is 25.7 Å². The summed E-state index contributed by atoms with van der Waals surface area (Å²) in [6.45, 7) is 0. The van der Waals surface area contributed by atoms with E-state index in [1.165, 1.54) is 6.41 Å². The Morgan fingerprint density at radius 1 is 1.45 bits per heavy atom. The second kappa shape index (κ2) is 3.37. The molecule has 4 nitrogen and oxygen atoms in total. The van der Waals surface area contributed by atoms with Crippen molar-refractivity contribution in [3.63, 3.8) is 0 Å². The molecule has 0 unspecified atom stereocenters. The summed E-state index contributed by atoms with van der Waals surface area (Å²) in [7, 11) is 0. The van der Waals surface area contributed by atoms with E-state index in [-0.39, 0.29) is 6.04 Å². The monoisotopic (exact) mass is 156 g/mol. The summed E-state index contributed by atoms with van der Waals surface area (Å²) in [4.78, 5) is 21.3. The molecule has 0 aromatic rings. The fourth-order valence-electron chi connectivity index (χ4n) is 1.43. The summed E-state index contributed by atoms with van der Waals surface area (Å²) in [5, 5.41) is 8.50. The van der Waals surface area contributed by atoms with Gasteiger partial charge in [-0.25, -0.2) is 9.69 Å². The van der Waals surface area contributed by atoms with Crippen LogP contribution in [0.15, 0.2) is 0 Å². The fourth-order valence-corrected chi connectivity index (χ4v) is 1.43. The van der Waals surface area contributed by atoms with Crippen LogP contribution in [0, 0.1) is 0 Å². The molecule has 1 rings (SSSR count). The molecule has 1 fully saturated rings. The standard InChI is InChI=1S/C7H10NO3/c9-5-8(7(10)11)6-3-1-2-4-6/h6H,1-4H2,(H,10,11). The Bertz CT molecular complexity index is 163. The Hall–Kier alpha value is -1.06. The van der Waals surface area contributed by atoms with Crippen LogP contribution in [0.4, 0.5) is 4.79 Å². The van der Waals surface area contributed by atoms with E-state index < -0.39 is 6.09 Å². The quantitative estimate of drug-likeness (QED) is 0.606. The van der Waals surface area contributed by atoms with Crippen molar-refractivity contribution in [1.82, 2.24) is 4.90 Å². The number of rotatable bonds is 2. The maximum atomic E-state index is 10.4. The number of carboxylic acid groups (broad SMARTS) is 1. The van der Waals surface area contributed by atoms with Gasteiger partial charge in [-0.2, -0.15) is 0 Å². The highest BCUT2D eigenvalue weighted by molar-refractivity contribution is 5.79. The smallest absolute Gasteiger partial charge is 0.414 e. The molecular formula is C7H10NO3. The molecule has 11 heavy (non-hydrogen) atoms. The van der Waals surface area contributed by atoms with Gasteiger partial charge in [-0.3, -0.25) is 4.79 Å². The van der Waals surface area contributed by atoms with Gasteiger partial charge in [-0.15, -0.1) is 0 Å². The zero-order valence-corrected chi connectivity index (χ0v) is 6.12. The minimum atomic E-state index is -1.19. The first-order chi connectivity index (χ1) is 5.25.